The van der Waals surface area contributed by atoms with Crippen LogP contribution in [0.3, 0.4) is 0 Å². The first-order valence-corrected chi connectivity index (χ1v) is 6.37. The molecule has 1 aliphatic heterocycles. The van der Waals surface area contributed by atoms with Gasteiger partial charge < -0.3 is 0 Å². The van der Waals surface area contributed by atoms with Crippen molar-refractivity contribution in [2.45, 2.75) is 34.6 Å². The van der Waals surface area contributed by atoms with Gasteiger partial charge in [0.25, 0.3) is 5.91 Å². The molecule has 2 rings (SSSR count). The number of amides is 1. The topological polar surface area (TPSA) is 32.7 Å². The van der Waals surface area contributed by atoms with Crippen molar-refractivity contribution in [3.63, 3.8) is 0 Å². The highest BCUT2D eigenvalue weighted by molar-refractivity contribution is 6.14. The Balaban J connectivity index is 2.39. The molecule has 0 N–H and O–H groups in total. The number of anilines is 1. The molecule has 0 fully saturated rings. The number of nitrogens with zero attached hydrogens (tertiary/aromatic N) is 2. The van der Waals surface area contributed by atoms with E-state index in [4.69, 9.17) is 0 Å². The molecular weight excluding hydrogens is 224 g/mol. The van der Waals surface area contributed by atoms with E-state index in [-0.39, 0.29) is 17.7 Å². The van der Waals surface area contributed by atoms with Gasteiger partial charge in [-0.1, -0.05) is 19.9 Å². The number of carbonyl (C=O) groups excluding carboxylic acids is 1. The van der Waals surface area contributed by atoms with Crippen LogP contribution in [0.5, 0.6) is 0 Å². The van der Waals surface area contributed by atoms with Gasteiger partial charge in [0.2, 0.25) is 0 Å². The Morgan fingerprint density at radius 2 is 1.67 bits per heavy atom. The lowest BCUT2D eigenvalue weighted by molar-refractivity contribution is -0.120. The standard InChI is InChI=1S/C15H20N2O/c1-9(2)14-12(5)16-17(15(14)18)13-7-10(3)6-11(4)8-13/h6-9,14H,1-5H3. The second-order valence-electron chi connectivity index (χ2n) is 5.46. The van der Waals surface area contributed by atoms with Crippen molar-refractivity contribution in [1.82, 2.24) is 0 Å². The first-order chi connectivity index (χ1) is 8.40. The molecule has 0 spiro atoms. The van der Waals surface area contributed by atoms with Crippen LogP contribution in [0, 0.1) is 25.7 Å². The van der Waals surface area contributed by atoms with Crippen molar-refractivity contribution < 1.29 is 4.79 Å². The van der Waals surface area contributed by atoms with E-state index >= 15 is 0 Å². The van der Waals surface area contributed by atoms with Crippen LogP contribution in [0.2, 0.25) is 0 Å². The van der Waals surface area contributed by atoms with E-state index in [2.05, 4.69) is 25.0 Å². The second kappa shape index (κ2) is 4.56. The average Bonchev–Trinajstić information content (AvgIpc) is 2.52. The minimum atomic E-state index is -0.0779. The quantitative estimate of drug-likeness (QED) is 0.785. The molecule has 0 bridgehead atoms. The number of carbonyl (C=O) groups is 1. The Morgan fingerprint density at radius 3 is 2.11 bits per heavy atom. The van der Waals surface area contributed by atoms with Gasteiger partial charge in [0.05, 0.1) is 11.6 Å². The normalized spacial score (nSPS) is 19.7. The summed E-state index contributed by atoms with van der Waals surface area (Å²) in [6.45, 7) is 10.1. The lowest BCUT2D eigenvalue weighted by Gasteiger charge is -2.17. The summed E-state index contributed by atoms with van der Waals surface area (Å²) < 4.78 is 0. The van der Waals surface area contributed by atoms with Gasteiger partial charge in [0, 0.05) is 5.71 Å². The zero-order valence-corrected chi connectivity index (χ0v) is 11.7. The fraction of sp³-hybridized carbons (Fsp3) is 0.467. The van der Waals surface area contributed by atoms with Crippen LogP contribution in [0.4, 0.5) is 5.69 Å². The van der Waals surface area contributed by atoms with E-state index in [0.29, 0.717) is 0 Å². The molecule has 1 amide bonds. The Hall–Kier alpha value is -1.64. The fourth-order valence-electron chi connectivity index (χ4n) is 2.61. The van der Waals surface area contributed by atoms with E-state index < -0.39 is 0 Å². The van der Waals surface area contributed by atoms with Crippen LogP contribution < -0.4 is 5.01 Å². The minimum Gasteiger partial charge on any atom is -0.272 e. The zero-order chi connectivity index (χ0) is 13.4. The number of aryl methyl sites for hydroxylation is 2. The summed E-state index contributed by atoms with van der Waals surface area (Å²) in [5, 5.41) is 5.98. The highest BCUT2D eigenvalue weighted by Crippen LogP contribution is 2.29. The predicted molar refractivity (Wildman–Crippen MR) is 74.8 cm³/mol. The lowest BCUT2D eigenvalue weighted by Crippen LogP contribution is -2.30. The Labute approximate surface area is 108 Å². The molecule has 1 aliphatic rings. The maximum atomic E-state index is 12.4. The van der Waals surface area contributed by atoms with Crippen molar-refractivity contribution in [2.24, 2.45) is 16.9 Å². The molecule has 0 saturated heterocycles. The van der Waals surface area contributed by atoms with Gasteiger partial charge in [-0.25, -0.2) is 5.01 Å². The number of hydrogen-bond donors (Lipinski definition) is 0. The number of hydrazone groups is 1. The number of hydrogen-bond acceptors (Lipinski definition) is 2. The summed E-state index contributed by atoms with van der Waals surface area (Å²) in [6.07, 6.45) is 0. The average molecular weight is 244 g/mol. The maximum Gasteiger partial charge on any atom is 0.256 e. The van der Waals surface area contributed by atoms with Crippen molar-refractivity contribution >= 4 is 17.3 Å². The molecule has 0 aromatic heterocycles. The van der Waals surface area contributed by atoms with Gasteiger partial charge in [-0.15, -0.1) is 0 Å². The molecule has 1 unspecified atom stereocenters. The van der Waals surface area contributed by atoms with E-state index in [1.807, 2.05) is 32.9 Å². The highest BCUT2D eigenvalue weighted by atomic mass is 16.2. The van der Waals surface area contributed by atoms with Crippen molar-refractivity contribution in [3.8, 4) is 0 Å². The van der Waals surface area contributed by atoms with E-state index in [1.54, 1.807) is 5.01 Å². The molecule has 1 aromatic carbocycles. The summed E-state index contributed by atoms with van der Waals surface area (Å²) in [6, 6.07) is 6.11. The van der Waals surface area contributed by atoms with Crippen LogP contribution in [0.15, 0.2) is 23.3 Å². The third kappa shape index (κ3) is 2.17. The molecule has 96 valence electrons. The molecular formula is C15H20N2O. The van der Waals surface area contributed by atoms with Crippen LogP contribution >= 0.6 is 0 Å². The van der Waals surface area contributed by atoms with Crippen LogP contribution in [0.1, 0.15) is 31.9 Å². The highest BCUT2D eigenvalue weighted by Gasteiger charge is 2.36. The van der Waals surface area contributed by atoms with Crippen LogP contribution in [-0.4, -0.2) is 11.6 Å². The third-order valence-electron chi connectivity index (χ3n) is 3.30. The molecule has 0 radical (unpaired) electrons. The Kier molecular flexibility index (Phi) is 3.24. The number of benzene rings is 1. The smallest absolute Gasteiger partial charge is 0.256 e. The van der Waals surface area contributed by atoms with Crippen molar-refractivity contribution in [3.05, 3.63) is 29.3 Å². The van der Waals surface area contributed by atoms with E-state index in [9.17, 15) is 4.79 Å². The van der Waals surface area contributed by atoms with Crippen molar-refractivity contribution in [2.75, 3.05) is 5.01 Å². The first kappa shape index (κ1) is 12.8. The molecule has 0 aliphatic carbocycles. The molecule has 1 heterocycles. The molecule has 3 heteroatoms. The van der Waals surface area contributed by atoms with E-state index in [1.165, 1.54) is 0 Å². The minimum absolute atomic E-state index is 0.0779. The zero-order valence-electron chi connectivity index (χ0n) is 11.7. The SMILES string of the molecule is CC1=NN(c2cc(C)cc(C)c2)C(=O)C1C(C)C. The summed E-state index contributed by atoms with van der Waals surface area (Å²) >= 11 is 0. The molecule has 1 atom stereocenters. The fourth-order valence-corrected chi connectivity index (χ4v) is 2.61. The van der Waals surface area contributed by atoms with E-state index in [0.717, 1.165) is 22.5 Å². The van der Waals surface area contributed by atoms with Gasteiger partial charge in [-0.3, -0.25) is 4.79 Å². The second-order valence-corrected chi connectivity index (χ2v) is 5.46. The predicted octanol–water partition coefficient (Wildman–Crippen LogP) is 3.30. The van der Waals surface area contributed by atoms with Crippen LogP contribution in [-0.2, 0) is 4.79 Å². The van der Waals surface area contributed by atoms with Gasteiger partial charge >= 0.3 is 0 Å². The monoisotopic (exact) mass is 244 g/mol. The number of rotatable bonds is 2. The Bertz CT molecular complexity index is 497. The lowest BCUT2D eigenvalue weighted by atomic mass is 9.92. The first-order valence-electron chi connectivity index (χ1n) is 6.37. The van der Waals surface area contributed by atoms with Gasteiger partial charge in [0.15, 0.2) is 0 Å². The molecule has 3 nitrogen and oxygen atoms in total. The van der Waals surface area contributed by atoms with Crippen molar-refractivity contribution in [1.29, 1.82) is 0 Å². The Morgan fingerprint density at radius 1 is 1.11 bits per heavy atom. The third-order valence-corrected chi connectivity index (χ3v) is 3.30. The van der Waals surface area contributed by atoms with Gasteiger partial charge in [0.1, 0.15) is 0 Å². The summed E-state index contributed by atoms with van der Waals surface area (Å²) in [4.78, 5) is 12.4. The van der Waals surface area contributed by atoms with Gasteiger partial charge in [-0.05, 0) is 49.9 Å². The van der Waals surface area contributed by atoms with Crippen LogP contribution in [0.25, 0.3) is 0 Å². The maximum absolute atomic E-state index is 12.4. The molecule has 0 saturated carbocycles. The molecule has 18 heavy (non-hydrogen) atoms. The largest absolute Gasteiger partial charge is 0.272 e. The summed E-state index contributed by atoms with van der Waals surface area (Å²) in [7, 11) is 0. The summed E-state index contributed by atoms with van der Waals surface area (Å²) in [5.41, 5.74) is 4.09. The summed E-state index contributed by atoms with van der Waals surface area (Å²) in [5.74, 6) is 0.301. The molecule has 1 aromatic rings. The van der Waals surface area contributed by atoms with Gasteiger partial charge in [-0.2, -0.15) is 5.10 Å².